The number of carbonyl (C=O) groups is 1. The first-order chi connectivity index (χ1) is 5.11. The smallest absolute Gasteiger partial charge is 0.149 e. The predicted octanol–water partition coefficient (Wildman–Crippen LogP) is 0.869. The second-order valence-corrected chi connectivity index (χ2v) is 3.53. The highest BCUT2D eigenvalue weighted by atomic mass is 35.5. The van der Waals surface area contributed by atoms with Gasteiger partial charge in [0.05, 0.1) is 6.04 Å². The quantitative estimate of drug-likeness (QED) is 0.582. The molecule has 0 amide bonds. The van der Waals surface area contributed by atoms with Crippen molar-refractivity contribution in [3.05, 3.63) is 0 Å². The molecule has 0 aromatic carbocycles. The van der Waals surface area contributed by atoms with Gasteiger partial charge in [-0.05, 0) is 30.5 Å². The predicted molar refractivity (Wildman–Crippen MR) is 44.5 cm³/mol. The molecular formula is C6H10Cl2N2O. The fourth-order valence-corrected chi connectivity index (χ4v) is 1.53. The van der Waals surface area contributed by atoms with E-state index in [-0.39, 0.29) is 11.8 Å². The second-order valence-electron chi connectivity index (χ2n) is 2.62. The van der Waals surface area contributed by atoms with Crippen LogP contribution in [0.2, 0.25) is 0 Å². The molecule has 0 aromatic rings. The van der Waals surface area contributed by atoms with E-state index < -0.39 is 0 Å². The average Bonchev–Trinajstić information content (AvgIpc) is 1.94. The van der Waals surface area contributed by atoms with Crippen LogP contribution in [0.3, 0.4) is 0 Å². The molecular weight excluding hydrogens is 187 g/mol. The Bertz CT molecular complexity index is 165. The van der Waals surface area contributed by atoms with Crippen LogP contribution in [0.4, 0.5) is 0 Å². The normalized spacial score (nSPS) is 28.8. The van der Waals surface area contributed by atoms with Crippen LogP contribution >= 0.6 is 23.6 Å². The van der Waals surface area contributed by atoms with Crippen LogP contribution in [0, 0.1) is 0 Å². The highest BCUT2D eigenvalue weighted by molar-refractivity contribution is 6.16. The zero-order chi connectivity index (χ0) is 8.43. The molecule has 1 rings (SSSR count). The summed E-state index contributed by atoms with van der Waals surface area (Å²) in [5, 5.41) is 0. The third kappa shape index (κ3) is 2.30. The van der Waals surface area contributed by atoms with E-state index in [0.717, 1.165) is 0 Å². The van der Waals surface area contributed by atoms with Gasteiger partial charge in [-0.15, -0.1) is 0 Å². The van der Waals surface area contributed by atoms with E-state index in [1.165, 1.54) is 11.3 Å². The molecule has 0 N–H and O–H groups in total. The Morgan fingerprint density at radius 2 is 2.09 bits per heavy atom. The topological polar surface area (TPSA) is 23.6 Å². The van der Waals surface area contributed by atoms with Gasteiger partial charge < -0.3 is 0 Å². The van der Waals surface area contributed by atoms with Gasteiger partial charge in [0.25, 0.3) is 0 Å². The van der Waals surface area contributed by atoms with Gasteiger partial charge >= 0.3 is 0 Å². The molecule has 3 nitrogen and oxygen atoms in total. The second kappa shape index (κ2) is 3.72. The molecule has 1 aliphatic heterocycles. The monoisotopic (exact) mass is 196 g/mol. The third-order valence-corrected chi connectivity index (χ3v) is 2.45. The Labute approximate surface area is 76.1 Å². The Morgan fingerprint density at radius 3 is 2.55 bits per heavy atom. The first-order valence-corrected chi connectivity index (χ1v) is 4.12. The summed E-state index contributed by atoms with van der Waals surface area (Å²) in [6.07, 6.45) is 0. The van der Waals surface area contributed by atoms with Crippen molar-refractivity contribution in [2.24, 2.45) is 0 Å². The number of rotatable bonds is 1. The molecule has 11 heavy (non-hydrogen) atoms. The van der Waals surface area contributed by atoms with Crippen molar-refractivity contribution in [1.82, 2.24) is 8.84 Å². The standard InChI is InChI=1S/C6H10Cl2N2O/c1-5(11)6-4-9(7)2-3-10(6)8/h6H,2-4H2,1H3. The van der Waals surface area contributed by atoms with Gasteiger partial charge in [-0.3, -0.25) is 4.79 Å². The number of carbonyl (C=O) groups excluding carboxylic acids is 1. The Balaban J connectivity index is 2.54. The van der Waals surface area contributed by atoms with Crippen molar-refractivity contribution in [3.63, 3.8) is 0 Å². The average molecular weight is 197 g/mol. The summed E-state index contributed by atoms with van der Waals surface area (Å²) in [4.78, 5) is 10.9. The fraction of sp³-hybridized carbons (Fsp3) is 0.833. The number of hydrogen-bond donors (Lipinski definition) is 0. The molecule has 0 aliphatic carbocycles. The summed E-state index contributed by atoms with van der Waals surface area (Å²) in [5.41, 5.74) is 0. The highest BCUT2D eigenvalue weighted by Crippen LogP contribution is 2.13. The number of Topliss-reactive ketones (excluding diaryl/α,β-unsaturated/α-hetero) is 1. The summed E-state index contributed by atoms with van der Waals surface area (Å²) in [5.74, 6) is 0.0605. The Kier molecular flexibility index (Phi) is 3.13. The zero-order valence-electron chi connectivity index (χ0n) is 6.26. The van der Waals surface area contributed by atoms with Crippen LogP contribution in [0.25, 0.3) is 0 Å². The van der Waals surface area contributed by atoms with E-state index >= 15 is 0 Å². The summed E-state index contributed by atoms with van der Waals surface area (Å²) < 4.78 is 3.10. The first kappa shape index (κ1) is 9.26. The molecule has 64 valence electrons. The van der Waals surface area contributed by atoms with Crippen molar-refractivity contribution >= 4 is 29.3 Å². The Hall–Kier alpha value is 0.170. The van der Waals surface area contributed by atoms with Crippen molar-refractivity contribution in [2.45, 2.75) is 13.0 Å². The molecule has 1 heterocycles. The third-order valence-electron chi connectivity index (χ3n) is 1.73. The molecule has 5 heteroatoms. The molecule has 1 aliphatic rings. The number of piperazine rings is 1. The molecule has 0 radical (unpaired) electrons. The lowest BCUT2D eigenvalue weighted by atomic mass is 10.2. The maximum Gasteiger partial charge on any atom is 0.149 e. The molecule has 1 fully saturated rings. The van der Waals surface area contributed by atoms with Crippen LogP contribution in [0.1, 0.15) is 6.92 Å². The summed E-state index contributed by atoms with van der Waals surface area (Å²) in [6, 6.07) is -0.247. The minimum atomic E-state index is -0.247. The molecule has 1 unspecified atom stereocenters. The van der Waals surface area contributed by atoms with Crippen LogP contribution in [0.5, 0.6) is 0 Å². The Morgan fingerprint density at radius 1 is 1.45 bits per heavy atom. The van der Waals surface area contributed by atoms with E-state index in [1.54, 1.807) is 4.42 Å². The fourth-order valence-electron chi connectivity index (χ4n) is 1.05. The van der Waals surface area contributed by atoms with Gasteiger partial charge in [-0.2, -0.15) is 0 Å². The summed E-state index contributed by atoms with van der Waals surface area (Å²) in [7, 11) is 0. The first-order valence-electron chi connectivity index (χ1n) is 3.45. The lowest BCUT2D eigenvalue weighted by Crippen LogP contribution is -2.49. The molecule has 0 bridgehead atoms. The van der Waals surface area contributed by atoms with Crippen molar-refractivity contribution in [1.29, 1.82) is 0 Å². The van der Waals surface area contributed by atoms with Crippen LogP contribution in [0.15, 0.2) is 0 Å². The maximum absolute atomic E-state index is 10.9. The van der Waals surface area contributed by atoms with Gasteiger partial charge in [-0.1, -0.05) is 0 Å². The van der Waals surface area contributed by atoms with E-state index in [0.29, 0.717) is 19.6 Å². The minimum Gasteiger partial charge on any atom is -0.298 e. The van der Waals surface area contributed by atoms with Crippen molar-refractivity contribution in [2.75, 3.05) is 19.6 Å². The number of halogens is 2. The van der Waals surface area contributed by atoms with Gasteiger partial charge in [0.2, 0.25) is 0 Å². The number of hydrogen-bond acceptors (Lipinski definition) is 3. The van der Waals surface area contributed by atoms with Crippen LogP contribution in [-0.2, 0) is 4.79 Å². The molecule has 1 saturated heterocycles. The minimum absolute atomic E-state index is 0.0605. The van der Waals surface area contributed by atoms with Gasteiger partial charge in [0.15, 0.2) is 0 Å². The van der Waals surface area contributed by atoms with Gasteiger partial charge in [-0.25, -0.2) is 8.84 Å². The lowest BCUT2D eigenvalue weighted by molar-refractivity contribution is -0.121. The highest BCUT2D eigenvalue weighted by Gasteiger charge is 2.28. The molecule has 0 saturated carbocycles. The van der Waals surface area contributed by atoms with Crippen LogP contribution < -0.4 is 0 Å². The lowest BCUT2D eigenvalue weighted by Gasteiger charge is -2.32. The van der Waals surface area contributed by atoms with E-state index in [2.05, 4.69) is 0 Å². The van der Waals surface area contributed by atoms with E-state index in [9.17, 15) is 4.79 Å². The SMILES string of the molecule is CC(=O)C1CN(Cl)CCN1Cl. The summed E-state index contributed by atoms with van der Waals surface area (Å²) in [6.45, 7) is 3.38. The van der Waals surface area contributed by atoms with E-state index in [1.807, 2.05) is 0 Å². The van der Waals surface area contributed by atoms with Gasteiger partial charge in [0.1, 0.15) is 5.78 Å². The van der Waals surface area contributed by atoms with Crippen molar-refractivity contribution < 1.29 is 4.79 Å². The number of nitrogens with zero attached hydrogens (tertiary/aromatic N) is 2. The molecule has 0 aromatic heterocycles. The molecule has 0 spiro atoms. The van der Waals surface area contributed by atoms with Gasteiger partial charge in [0, 0.05) is 19.6 Å². The van der Waals surface area contributed by atoms with Crippen LogP contribution in [-0.4, -0.2) is 40.3 Å². The summed E-state index contributed by atoms with van der Waals surface area (Å²) >= 11 is 11.5. The largest absolute Gasteiger partial charge is 0.298 e. The van der Waals surface area contributed by atoms with E-state index in [4.69, 9.17) is 23.6 Å². The molecule has 1 atom stereocenters. The zero-order valence-corrected chi connectivity index (χ0v) is 7.77. The number of ketones is 1. The maximum atomic E-state index is 10.9. The van der Waals surface area contributed by atoms with Crippen molar-refractivity contribution in [3.8, 4) is 0 Å².